The van der Waals surface area contributed by atoms with E-state index in [9.17, 15) is 8.42 Å². The van der Waals surface area contributed by atoms with E-state index in [1.54, 1.807) is 0 Å². The number of aryl methyl sites for hydroxylation is 2. The van der Waals surface area contributed by atoms with Crippen LogP contribution in [-0.2, 0) is 23.1 Å². The lowest BCUT2D eigenvalue weighted by Crippen LogP contribution is -2.32. The fourth-order valence-corrected chi connectivity index (χ4v) is 2.52. The molecule has 1 rings (SSSR count). The predicted octanol–water partition coefficient (Wildman–Crippen LogP) is 4.57. The van der Waals surface area contributed by atoms with Crippen molar-refractivity contribution in [1.29, 1.82) is 0 Å². The molecule has 0 unspecified atom stereocenters. The number of unbranched alkanes of at least 4 members (excludes halogenated alkanes) is 7. The maximum atomic E-state index is 9.19. The minimum Gasteiger partial charge on any atom is -0.286 e. The van der Waals surface area contributed by atoms with Gasteiger partial charge in [-0.3, -0.25) is 4.55 Å². The Bertz CT molecular complexity index is 490. The van der Waals surface area contributed by atoms with Crippen molar-refractivity contribution in [2.45, 2.75) is 84.6 Å². The van der Waals surface area contributed by atoms with E-state index in [4.69, 9.17) is 4.55 Å². The number of hydrogen-bond donors (Lipinski definition) is 1. The average Bonchev–Trinajstić information content (AvgIpc) is 2.50. The van der Waals surface area contributed by atoms with Crippen LogP contribution in [0.5, 0.6) is 0 Å². The Kier molecular flexibility index (Phi) is 13.8. The smallest absolute Gasteiger partial charge is 0.261 e. The molecule has 0 radical (unpaired) electrons. The van der Waals surface area contributed by atoms with Crippen LogP contribution >= 0.6 is 0 Å². The van der Waals surface area contributed by atoms with Gasteiger partial charge < -0.3 is 0 Å². The normalized spacial score (nSPS) is 11.0. The van der Waals surface area contributed by atoms with Crippen LogP contribution in [0.2, 0.25) is 0 Å². The first-order valence-corrected chi connectivity index (χ1v) is 11.1. The van der Waals surface area contributed by atoms with Crippen molar-refractivity contribution in [2.24, 2.45) is 0 Å². The highest BCUT2D eigenvalue weighted by atomic mass is 32.2. The van der Waals surface area contributed by atoms with E-state index in [1.807, 2.05) is 0 Å². The summed E-state index contributed by atoms with van der Waals surface area (Å²) in [6.45, 7) is 5.70. The lowest BCUT2D eigenvalue weighted by molar-refractivity contribution is -0.697. The maximum absolute atomic E-state index is 9.19. The van der Waals surface area contributed by atoms with Crippen molar-refractivity contribution in [3.05, 3.63) is 30.1 Å². The van der Waals surface area contributed by atoms with E-state index in [0.29, 0.717) is 6.26 Å². The van der Waals surface area contributed by atoms with Crippen LogP contribution in [0, 0.1) is 0 Å². The standard InChI is InChI=1S/C18H32N.CH4O3S/c1-3-5-6-7-8-9-10-11-15-19-16-13-18(12-4-2)14-17-19;1-5(2,3)4/h13-14,16-17H,3-12,15H2,1-2H3;1H3,(H,2,3,4)/q+1;. The Balaban J connectivity index is 0.000000922. The molecule has 0 bridgehead atoms. The van der Waals surface area contributed by atoms with Crippen LogP contribution in [-0.4, -0.2) is 19.2 Å². The zero-order valence-corrected chi connectivity index (χ0v) is 16.5. The second kappa shape index (κ2) is 14.4. The molecule has 1 aromatic rings. The van der Waals surface area contributed by atoms with Gasteiger partial charge in [0.05, 0.1) is 6.26 Å². The Morgan fingerprint density at radius 1 is 0.875 bits per heavy atom. The van der Waals surface area contributed by atoms with Crippen molar-refractivity contribution >= 4 is 10.1 Å². The van der Waals surface area contributed by atoms with Gasteiger partial charge in [0.2, 0.25) is 0 Å². The van der Waals surface area contributed by atoms with Crippen LogP contribution < -0.4 is 4.57 Å². The molecule has 5 heteroatoms. The summed E-state index contributed by atoms with van der Waals surface area (Å²) in [6, 6.07) is 4.54. The molecule has 140 valence electrons. The average molecular weight is 359 g/mol. The molecule has 0 saturated heterocycles. The van der Waals surface area contributed by atoms with Gasteiger partial charge in [-0.15, -0.1) is 0 Å². The molecule has 4 nitrogen and oxygen atoms in total. The van der Waals surface area contributed by atoms with Gasteiger partial charge in [-0.25, -0.2) is 4.57 Å². The molecule has 24 heavy (non-hydrogen) atoms. The molecule has 1 aromatic heterocycles. The fraction of sp³-hybridized carbons (Fsp3) is 0.737. The molecule has 0 aliphatic heterocycles. The molecule has 0 fully saturated rings. The summed E-state index contributed by atoms with van der Waals surface area (Å²) in [5.41, 5.74) is 1.47. The lowest BCUT2D eigenvalue weighted by Gasteiger charge is -2.01. The summed E-state index contributed by atoms with van der Waals surface area (Å²) in [5.74, 6) is 0. The van der Waals surface area contributed by atoms with E-state index >= 15 is 0 Å². The van der Waals surface area contributed by atoms with Crippen LogP contribution in [0.25, 0.3) is 0 Å². The maximum Gasteiger partial charge on any atom is 0.261 e. The SMILES string of the molecule is CCCCCCCCCC[n+]1ccc(CCC)cc1.CS(=O)(=O)O. The molecule has 1 N–H and O–H groups in total. The summed E-state index contributed by atoms with van der Waals surface area (Å²) in [6.07, 6.45) is 18.8. The van der Waals surface area contributed by atoms with Gasteiger partial charge >= 0.3 is 0 Å². The van der Waals surface area contributed by atoms with Crippen molar-refractivity contribution in [3.63, 3.8) is 0 Å². The fourth-order valence-electron chi connectivity index (χ4n) is 2.52. The third-order valence-electron chi connectivity index (χ3n) is 3.77. The Hall–Kier alpha value is -0.940. The quantitative estimate of drug-likeness (QED) is 0.358. The van der Waals surface area contributed by atoms with Crippen LogP contribution in [0.15, 0.2) is 24.5 Å². The van der Waals surface area contributed by atoms with Gasteiger partial charge in [0.1, 0.15) is 6.54 Å². The van der Waals surface area contributed by atoms with E-state index in [2.05, 4.69) is 42.9 Å². The monoisotopic (exact) mass is 358 g/mol. The molecule has 0 saturated carbocycles. The summed E-state index contributed by atoms with van der Waals surface area (Å²) >= 11 is 0. The molecule has 0 amide bonds. The van der Waals surface area contributed by atoms with Gasteiger partial charge in [-0.05, 0) is 18.4 Å². The highest BCUT2D eigenvalue weighted by molar-refractivity contribution is 7.85. The topological polar surface area (TPSA) is 58.2 Å². The number of aromatic nitrogens is 1. The first kappa shape index (κ1) is 23.1. The highest BCUT2D eigenvalue weighted by Gasteiger charge is 2.00. The first-order valence-electron chi connectivity index (χ1n) is 9.27. The Morgan fingerprint density at radius 2 is 1.33 bits per heavy atom. The predicted molar refractivity (Wildman–Crippen MR) is 101 cm³/mol. The molecule has 0 spiro atoms. The minimum atomic E-state index is -3.67. The summed E-state index contributed by atoms with van der Waals surface area (Å²) in [7, 11) is -3.67. The third kappa shape index (κ3) is 17.4. The molecular formula is C19H36NO3S+. The molecule has 0 aliphatic rings. The van der Waals surface area contributed by atoms with E-state index in [0.717, 1.165) is 0 Å². The van der Waals surface area contributed by atoms with Gasteiger partial charge in [0.25, 0.3) is 10.1 Å². The Morgan fingerprint density at radius 3 is 1.79 bits per heavy atom. The highest BCUT2D eigenvalue weighted by Crippen LogP contribution is 2.08. The van der Waals surface area contributed by atoms with Gasteiger partial charge in [-0.2, -0.15) is 8.42 Å². The van der Waals surface area contributed by atoms with Crippen LogP contribution in [0.3, 0.4) is 0 Å². The van der Waals surface area contributed by atoms with Crippen LogP contribution in [0.4, 0.5) is 0 Å². The van der Waals surface area contributed by atoms with Gasteiger partial charge in [-0.1, -0.05) is 58.8 Å². The molecule has 0 aliphatic carbocycles. The molecule has 0 aromatic carbocycles. The van der Waals surface area contributed by atoms with Gasteiger partial charge in [0.15, 0.2) is 12.4 Å². The molecule has 1 heterocycles. The summed E-state index contributed by atoms with van der Waals surface area (Å²) in [4.78, 5) is 0. The second-order valence-corrected chi connectivity index (χ2v) is 7.87. The Labute approximate surface area is 149 Å². The zero-order valence-electron chi connectivity index (χ0n) is 15.7. The lowest BCUT2D eigenvalue weighted by atomic mass is 10.1. The van der Waals surface area contributed by atoms with Crippen molar-refractivity contribution in [2.75, 3.05) is 6.26 Å². The molecule has 0 atom stereocenters. The zero-order chi connectivity index (χ0) is 18.3. The van der Waals surface area contributed by atoms with Gasteiger partial charge in [0, 0.05) is 18.6 Å². The molecular weight excluding hydrogens is 322 g/mol. The van der Waals surface area contributed by atoms with E-state index in [-0.39, 0.29) is 0 Å². The van der Waals surface area contributed by atoms with E-state index in [1.165, 1.54) is 76.3 Å². The second-order valence-electron chi connectivity index (χ2n) is 6.40. The number of pyridine rings is 1. The summed E-state index contributed by atoms with van der Waals surface area (Å²) in [5, 5.41) is 0. The van der Waals surface area contributed by atoms with Crippen molar-refractivity contribution in [1.82, 2.24) is 0 Å². The number of nitrogens with zero attached hydrogens (tertiary/aromatic N) is 1. The summed E-state index contributed by atoms with van der Waals surface area (Å²) < 4.78 is 28.2. The minimum absolute atomic E-state index is 0.715. The number of rotatable bonds is 11. The van der Waals surface area contributed by atoms with Crippen molar-refractivity contribution < 1.29 is 17.5 Å². The largest absolute Gasteiger partial charge is 0.286 e. The van der Waals surface area contributed by atoms with Crippen LogP contribution in [0.1, 0.15) is 77.2 Å². The first-order chi connectivity index (χ1) is 11.4. The number of hydrogen-bond acceptors (Lipinski definition) is 2. The van der Waals surface area contributed by atoms with Crippen molar-refractivity contribution in [3.8, 4) is 0 Å². The third-order valence-corrected chi connectivity index (χ3v) is 3.77. The van der Waals surface area contributed by atoms with E-state index < -0.39 is 10.1 Å².